The van der Waals surface area contributed by atoms with Gasteiger partial charge in [-0.1, -0.05) is 19.1 Å². The molecule has 0 spiro atoms. The maximum atomic E-state index is 13.4. The Morgan fingerprint density at radius 3 is 2.41 bits per heavy atom. The van der Waals surface area contributed by atoms with Crippen LogP contribution in [0.25, 0.3) is 0 Å². The van der Waals surface area contributed by atoms with E-state index in [-0.39, 0.29) is 17.6 Å². The molecule has 29 heavy (non-hydrogen) atoms. The van der Waals surface area contributed by atoms with Crippen LogP contribution in [0.3, 0.4) is 0 Å². The summed E-state index contributed by atoms with van der Waals surface area (Å²) < 4.78 is 13.4. The van der Waals surface area contributed by atoms with Crippen LogP contribution < -0.4 is 0 Å². The molecule has 0 bridgehead atoms. The normalized spacial score (nSPS) is 19.3. The van der Waals surface area contributed by atoms with Crippen LogP contribution in [0.4, 0.5) is 4.39 Å². The molecule has 2 amide bonds. The van der Waals surface area contributed by atoms with Crippen LogP contribution in [0.1, 0.15) is 45.1 Å². The van der Waals surface area contributed by atoms with E-state index in [1.54, 1.807) is 11.0 Å². The highest BCUT2D eigenvalue weighted by Gasteiger charge is 2.31. The number of nitrogens with zero attached hydrogens (tertiary/aromatic N) is 3. The van der Waals surface area contributed by atoms with Crippen molar-refractivity contribution in [2.75, 3.05) is 39.3 Å². The zero-order valence-electron chi connectivity index (χ0n) is 17.8. The fourth-order valence-electron chi connectivity index (χ4n) is 4.35. The van der Waals surface area contributed by atoms with Gasteiger partial charge in [-0.15, -0.1) is 0 Å². The summed E-state index contributed by atoms with van der Waals surface area (Å²) in [5, 5.41) is 0. The quantitative estimate of drug-likeness (QED) is 0.733. The van der Waals surface area contributed by atoms with Gasteiger partial charge in [0.1, 0.15) is 5.82 Å². The molecular weight excluding hydrogens is 369 g/mol. The zero-order valence-corrected chi connectivity index (χ0v) is 17.8. The third-order valence-corrected chi connectivity index (χ3v) is 6.39. The van der Waals surface area contributed by atoms with Gasteiger partial charge in [-0.05, 0) is 69.3 Å². The van der Waals surface area contributed by atoms with Crippen LogP contribution in [0.15, 0.2) is 24.3 Å². The van der Waals surface area contributed by atoms with Gasteiger partial charge in [-0.2, -0.15) is 0 Å². The first kappa shape index (κ1) is 21.8. The molecule has 2 aliphatic heterocycles. The van der Waals surface area contributed by atoms with Crippen molar-refractivity contribution in [2.45, 2.75) is 46.1 Å². The summed E-state index contributed by atoms with van der Waals surface area (Å²) in [4.78, 5) is 31.5. The van der Waals surface area contributed by atoms with E-state index < -0.39 is 0 Å². The van der Waals surface area contributed by atoms with E-state index in [9.17, 15) is 14.0 Å². The molecule has 0 aromatic heterocycles. The second-order valence-corrected chi connectivity index (χ2v) is 8.60. The number of amides is 2. The van der Waals surface area contributed by atoms with E-state index in [0.717, 1.165) is 63.3 Å². The maximum Gasteiger partial charge on any atom is 0.237 e. The molecule has 0 radical (unpaired) electrons. The molecule has 0 N–H and O–H groups in total. The van der Waals surface area contributed by atoms with Gasteiger partial charge in [0.05, 0.1) is 6.54 Å². The third-order valence-electron chi connectivity index (χ3n) is 6.39. The van der Waals surface area contributed by atoms with Crippen LogP contribution in [0, 0.1) is 17.7 Å². The number of benzene rings is 1. The minimum Gasteiger partial charge on any atom is -0.342 e. The van der Waals surface area contributed by atoms with Crippen molar-refractivity contribution in [2.24, 2.45) is 11.8 Å². The lowest BCUT2D eigenvalue weighted by molar-refractivity contribution is -0.138. The highest BCUT2D eigenvalue weighted by atomic mass is 19.1. The van der Waals surface area contributed by atoms with E-state index >= 15 is 0 Å². The third kappa shape index (κ3) is 6.01. The molecule has 0 aliphatic carbocycles. The Bertz CT molecular complexity index is 695. The number of hydrogen-bond donors (Lipinski definition) is 0. The first-order valence-electron chi connectivity index (χ1n) is 11.0. The van der Waals surface area contributed by atoms with Gasteiger partial charge in [0.25, 0.3) is 0 Å². The highest BCUT2D eigenvalue weighted by molar-refractivity contribution is 5.79. The summed E-state index contributed by atoms with van der Waals surface area (Å²) in [6, 6.07) is 6.41. The minimum atomic E-state index is -0.277. The standard InChI is InChI=1S/C23H34FN3O2/c1-3-26(16-19-5-4-6-21(24)15-19)22(28)17-25-11-9-20(10-12-25)23(29)27-13-7-18(2)8-14-27/h4-6,15,18,20H,3,7-14,16-17H2,1-2H3. The predicted molar refractivity (Wildman–Crippen MR) is 112 cm³/mol. The SMILES string of the molecule is CCN(Cc1cccc(F)c1)C(=O)CN1CCC(C(=O)N2CCC(C)CC2)CC1. The number of carbonyl (C=O) groups is 2. The topological polar surface area (TPSA) is 43.9 Å². The van der Waals surface area contributed by atoms with Crippen molar-refractivity contribution in [3.8, 4) is 0 Å². The second kappa shape index (κ2) is 10.2. The van der Waals surface area contributed by atoms with E-state index in [2.05, 4.69) is 11.8 Å². The lowest BCUT2D eigenvalue weighted by Crippen LogP contribution is -2.47. The molecule has 0 unspecified atom stereocenters. The summed E-state index contributed by atoms with van der Waals surface area (Å²) in [6.07, 6.45) is 3.87. The number of likely N-dealkylation sites (N-methyl/N-ethyl adjacent to an activating group) is 1. The number of halogens is 1. The summed E-state index contributed by atoms with van der Waals surface area (Å²) in [6.45, 7) is 8.94. The Balaban J connectivity index is 1.45. The molecule has 3 rings (SSSR count). The first-order chi connectivity index (χ1) is 14.0. The molecule has 160 valence electrons. The van der Waals surface area contributed by atoms with Crippen LogP contribution in [0.2, 0.25) is 0 Å². The molecule has 2 saturated heterocycles. The Morgan fingerprint density at radius 1 is 1.10 bits per heavy atom. The van der Waals surface area contributed by atoms with E-state index in [1.165, 1.54) is 12.1 Å². The summed E-state index contributed by atoms with van der Waals surface area (Å²) >= 11 is 0. The summed E-state index contributed by atoms with van der Waals surface area (Å²) in [5.74, 6) is 0.918. The molecule has 1 aromatic rings. The highest BCUT2D eigenvalue weighted by Crippen LogP contribution is 2.23. The smallest absolute Gasteiger partial charge is 0.237 e. The number of carbonyl (C=O) groups excluding carboxylic acids is 2. The predicted octanol–water partition coefficient (Wildman–Crippen LogP) is 3.14. The molecule has 2 fully saturated rings. The van der Waals surface area contributed by atoms with Gasteiger partial charge < -0.3 is 9.80 Å². The largest absolute Gasteiger partial charge is 0.342 e. The first-order valence-corrected chi connectivity index (χ1v) is 11.0. The van der Waals surface area contributed by atoms with E-state index in [0.29, 0.717) is 25.5 Å². The minimum absolute atomic E-state index is 0.0616. The fraction of sp³-hybridized carbons (Fsp3) is 0.652. The van der Waals surface area contributed by atoms with Crippen molar-refractivity contribution in [3.05, 3.63) is 35.6 Å². The van der Waals surface area contributed by atoms with Gasteiger partial charge >= 0.3 is 0 Å². The monoisotopic (exact) mass is 403 g/mol. The van der Waals surface area contributed by atoms with Crippen molar-refractivity contribution in [3.63, 3.8) is 0 Å². The van der Waals surface area contributed by atoms with Gasteiger partial charge in [0.2, 0.25) is 11.8 Å². The second-order valence-electron chi connectivity index (χ2n) is 8.60. The number of piperidine rings is 2. The Kier molecular flexibility index (Phi) is 7.64. The average molecular weight is 404 g/mol. The Labute approximate surface area is 173 Å². The molecule has 0 atom stereocenters. The molecular formula is C23H34FN3O2. The Morgan fingerprint density at radius 2 is 1.79 bits per heavy atom. The molecule has 0 saturated carbocycles. The molecule has 5 nitrogen and oxygen atoms in total. The lowest BCUT2D eigenvalue weighted by atomic mass is 9.92. The number of rotatable bonds is 6. The van der Waals surface area contributed by atoms with Gasteiger partial charge in [-0.3, -0.25) is 14.5 Å². The van der Waals surface area contributed by atoms with Crippen molar-refractivity contribution >= 4 is 11.8 Å². The van der Waals surface area contributed by atoms with Crippen LogP contribution in [-0.2, 0) is 16.1 Å². The average Bonchev–Trinajstić information content (AvgIpc) is 2.72. The van der Waals surface area contributed by atoms with Gasteiger partial charge in [0, 0.05) is 32.1 Å². The van der Waals surface area contributed by atoms with Gasteiger partial charge in [-0.25, -0.2) is 4.39 Å². The van der Waals surface area contributed by atoms with Crippen molar-refractivity contribution < 1.29 is 14.0 Å². The van der Waals surface area contributed by atoms with E-state index in [1.807, 2.05) is 17.9 Å². The van der Waals surface area contributed by atoms with E-state index in [4.69, 9.17) is 0 Å². The molecule has 6 heteroatoms. The maximum absolute atomic E-state index is 13.4. The van der Waals surface area contributed by atoms with Crippen LogP contribution in [-0.4, -0.2) is 65.8 Å². The zero-order chi connectivity index (χ0) is 20.8. The Hall–Kier alpha value is -1.95. The fourth-order valence-corrected chi connectivity index (χ4v) is 4.35. The lowest BCUT2D eigenvalue weighted by Gasteiger charge is -2.37. The number of hydrogen-bond acceptors (Lipinski definition) is 3. The van der Waals surface area contributed by atoms with Gasteiger partial charge in [0.15, 0.2) is 0 Å². The molecule has 2 aliphatic rings. The molecule has 1 aromatic carbocycles. The van der Waals surface area contributed by atoms with Crippen LogP contribution >= 0.6 is 0 Å². The van der Waals surface area contributed by atoms with Crippen molar-refractivity contribution in [1.82, 2.24) is 14.7 Å². The van der Waals surface area contributed by atoms with Crippen molar-refractivity contribution in [1.29, 1.82) is 0 Å². The van der Waals surface area contributed by atoms with Crippen LogP contribution in [0.5, 0.6) is 0 Å². The molecule has 2 heterocycles. The summed E-state index contributed by atoms with van der Waals surface area (Å²) in [7, 11) is 0. The summed E-state index contributed by atoms with van der Waals surface area (Å²) in [5.41, 5.74) is 0.806. The number of likely N-dealkylation sites (tertiary alicyclic amines) is 2.